The smallest absolute Gasteiger partial charge is 0.350 e. The molecule has 0 radical (unpaired) electrons. The van der Waals surface area contributed by atoms with Crippen molar-refractivity contribution in [1.29, 1.82) is 0 Å². The molecule has 1 atom stereocenters. The number of ether oxygens (including phenoxy) is 1. The Labute approximate surface area is 183 Å². The number of pyridine rings is 1. The van der Waals surface area contributed by atoms with Crippen molar-refractivity contribution in [1.82, 2.24) is 9.97 Å². The van der Waals surface area contributed by atoms with Crippen molar-refractivity contribution >= 4 is 34.7 Å². The largest absolute Gasteiger partial charge is 0.450 e. The van der Waals surface area contributed by atoms with Crippen molar-refractivity contribution in [3.63, 3.8) is 0 Å². The number of aryl methyl sites for hydroxylation is 1. The van der Waals surface area contributed by atoms with E-state index in [0.717, 1.165) is 11.3 Å². The predicted octanol–water partition coefficient (Wildman–Crippen LogP) is 3.85. The van der Waals surface area contributed by atoms with Crippen molar-refractivity contribution in [2.45, 2.75) is 33.3 Å². The number of benzene rings is 1. The Morgan fingerprint density at radius 2 is 2.00 bits per heavy atom. The van der Waals surface area contributed by atoms with Crippen LogP contribution in [-0.4, -0.2) is 40.3 Å². The number of thiazole rings is 1. The van der Waals surface area contributed by atoms with Gasteiger partial charge in [0.05, 0.1) is 11.4 Å². The number of carbonyl (C=O) groups is 3. The first-order chi connectivity index (χ1) is 14.8. The molecule has 0 aliphatic carbocycles. The number of hydrogen-bond acceptors (Lipinski definition) is 7. The Hall–Kier alpha value is -3.39. The number of ketones is 1. The molecule has 1 unspecified atom stereocenters. The van der Waals surface area contributed by atoms with Crippen LogP contribution >= 0.6 is 11.3 Å². The molecular weight excluding hydrogens is 414 g/mol. The number of Topliss-reactive ketones (excluding diaryl/α,β-unsaturated/α-hetero) is 1. The fraction of sp³-hybridized carbons (Fsp3) is 0.261. The lowest BCUT2D eigenvalue weighted by Crippen LogP contribution is -2.26. The van der Waals surface area contributed by atoms with Gasteiger partial charge in [-0.25, -0.2) is 9.78 Å². The Bertz CT molecular complexity index is 1170. The lowest BCUT2D eigenvalue weighted by Gasteiger charge is -2.16. The van der Waals surface area contributed by atoms with E-state index in [4.69, 9.17) is 4.74 Å². The van der Waals surface area contributed by atoms with Crippen LogP contribution in [0, 0.1) is 6.92 Å². The zero-order valence-corrected chi connectivity index (χ0v) is 18.2. The van der Waals surface area contributed by atoms with Gasteiger partial charge in [-0.05, 0) is 56.2 Å². The van der Waals surface area contributed by atoms with E-state index < -0.39 is 12.1 Å². The van der Waals surface area contributed by atoms with Gasteiger partial charge in [-0.15, -0.1) is 11.3 Å². The first-order valence-electron chi connectivity index (χ1n) is 9.90. The molecule has 158 valence electrons. The van der Waals surface area contributed by atoms with Gasteiger partial charge in [0.1, 0.15) is 9.88 Å². The summed E-state index contributed by atoms with van der Waals surface area (Å²) in [5.74, 6) is -0.892. The highest BCUT2D eigenvalue weighted by molar-refractivity contribution is 7.17. The van der Waals surface area contributed by atoms with Crippen LogP contribution in [0.2, 0.25) is 0 Å². The minimum absolute atomic E-state index is 0.0230. The summed E-state index contributed by atoms with van der Waals surface area (Å²) in [7, 11) is 0. The van der Waals surface area contributed by atoms with E-state index in [9.17, 15) is 14.4 Å². The van der Waals surface area contributed by atoms with E-state index >= 15 is 0 Å². The third kappa shape index (κ3) is 4.11. The third-order valence-corrected chi connectivity index (χ3v) is 6.32. The van der Waals surface area contributed by atoms with Crippen LogP contribution < -0.4 is 4.90 Å². The molecule has 0 fully saturated rings. The second-order valence-corrected chi connectivity index (χ2v) is 8.32. The average Bonchev–Trinajstić information content (AvgIpc) is 3.37. The second kappa shape index (κ2) is 8.39. The van der Waals surface area contributed by atoms with Gasteiger partial charge in [-0.2, -0.15) is 0 Å². The van der Waals surface area contributed by atoms with Crippen molar-refractivity contribution in [2.75, 3.05) is 11.4 Å². The maximum Gasteiger partial charge on any atom is 0.350 e. The van der Waals surface area contributed by atoms with Crippen molar-refractivity contribution in [2.24, 2.45) is 0 Å². The molecule has 31 heavy (non-hydrogen) atoms. The van der Waals surface area contributed by atoms with Crippen LogP contribution in [-0.2, 0) is 16.0 Å². The molecule has 3 aromatic rings. The van der Waals surface area contributed by atoms with Gasteiger partial charge in [-0.1, -0.05) is 6.07 Å². The topological polar surface area (TPSA) is 89.5 Å². The summed E-state index contributed by atoms with van der Waals surface area (Å²) < 4.78 is 5.46. The molecule has 0 saturated carbocycles. The third-order valence-electron chi connectivity index (χ3n) is 5.16. The molecule has 3 heterocycles. The maximum atomic E-state index is 12.9. The first-order valence-corrected chi connectivity index (χ1v) is 10.7. The minimum atomic E-state index is -0.948. The Morgan fingerprint density at radius 3 is 2.71 bits per heavy atom. The van der Waals surface area contributed by atoms with Crippen LogP contribution in [0.5, 0.6) is 0 Å². The Morgan fingerprint density at radius 1 is 1.19 bits per heavy atom. The summed E-state index contributed by atoms with van der Waals surface area (Å²) in [6.07, 6.45) is 1.41. The molecule has 1 amide bonds. The number of fused-ring (bicyclic) bond motifs is 1. The standard InChI is InChI=1S/C23H21N3O4S/c1-13-21(31-22(25-13)18-6-4-5-10-24-18)23(29)30-14(2)20(28)17-7-8-19-16(12-17)9-11-26(19)15(3)27/h4-8,10,12,14H,9,11H2,1-3H3. The summed E-state index contributed by atoms with van der Waals surface area (Å²) in [6, 6.07) is 10.7. The number of hydrogen-bond donors (Lipinski definition) is 0. The highest BCUT2D eigenvalue weighted by atomic mass is 32.1. The number of nitrogens with zero attached hydrogens (tertiary/aromatic N) is 3. The van der Waals surface area contributed by atoms with E-state index in [1.165, 1.54) is 18.3 Å². The van der Waals surface area contributed by atoms with Gasteiger partial charge >= 0.3 is 5.97 Å². The van der Waals surface area contributed by atoms with Crippen molar-refractivity contribution < 1.29 is 19.1 Å². The first kappa shape index (κ1) is 20.9. The lowest BCUT2D eigenvalue weighted by atomic mass is 10.0. The highest BCUT2D eigenvalue weighted by Crippen LogP contribution is 2.30. The van der Waals surface area contributed by atoms with Gasteiger partial charge in [0.2, 0.25) is 11.7 Å². The van der Waals surface area contributed by atoms with Crippen molar-refractivity contribution in [3.05, 3.63) is 64.3 Å². The normalized spacial score (nSPS) is 13.6. The van der Waals surface area contributed by atoms with Gasteiger partial charge in [0.15, 0.2) is 6.10 Å². The zero-order chi connectivity index (χ0) is 22.1. The Balaban J connectivity index is 1.48. The number of esters is 1. The molecule has 2 aromatic heterocycles. The van der Waals surface area contributed by atoms with Crippen LogP contribution in [0.4, 0.5) is 5.69 Å². The number of aromatic nitrogens is 2. The fourth-order valence-corrected chi connectivity index (χ4v) is 4.50. The number of carbonyl (C=O) groups excluding carboxylic acids is 3. The molecule has 4 rings (SSSR count). The van der Waals surface area contributed by atoms with Gasteiger partial charge in [0, 0.05) is 30.9 Å². The number of amides is 1. The quantitative estimate of drug-likeness (QED) is 0.447. The monoisotopic (exact) mass is 435 g/mol. The second-order valence-electron chi connectivity index (χ2n) is 7.32. The van der Waals surface area contributed by atoms with Crippen LogP contribution in [0.1, 0.15) is 45.1 Å². The van der Waals surface area contributed by atoms with Gasteiger partial charge < -0.3 is 9.64 Å². The SMILES string of the molecule is CC(=O)N1CCc2cc(C(=O)C(C)OC(=O)c3sc(-c4ccccn4)nc3C)ccc21. The molecule has 1 aliphatic heterocycles. The van der Waals surface area contributed by atoms with Crippen LogP contribution in [0.15, 0.2) is 42.6 Å². The minimum Gasteiger partial charge on any atom is -0.450 e. The zero-order valence-electron chi connectivity index (χ0n) is 17.4. The molecular formula is C23H21N3O4S. The van der Waals surface area contributed by atoms with E-state index in [1.807, 2.05) is 18.2 Å². The maximum absolute atomic E-state index is 12.9. The molecule has 1 aliphatic rings. The van der Waals surface area contributed by atoms with Gasteiger partial charge in [-0.3, -0.25) is 14.6 Å². The van der Waals surface area contributed by atoms with Gasteiger partial charge in [0.25, 0.3) is 0 Å². The number of rotatable bonds is 5. The lowest BCUT2D eigenvalue weighted by molar-refractivity contribution is -0.116. The van der Waals surface area contributed by atoms with Crippen LogP contribution in [0.3, 0.4) is 0 Å². The average molecular weight is 436 g/mol. The predicted molar refractivity (Wildman–Crippen MR) is 117 cm³/mol. The Kier molecular flexibility index (Phi) is 5.65. The molecule has 8 heteroatoms. The molecule has 0 N–H and O–H groups in total. The molecule has 1 aromatic carbocycles. The van der Waals surface area contributed by atoms with E-state index in [1.54, 1.807) is 43.1 Å². The molecule has 0 spiro atoms. The van der Waals surface area contributed by atoms with E-state index in [2.05, 4.69) is 9.97 Å². The van der Waals surface area contributed by atoms with E-state index in [0.29, 0.717) is 39.8 Å². The molecule has 7 nitrogen and oxygen atoms in total. The van der Waals surface area contributed by atoms with E-state index in [-0.39, 0.29) is 11.7 Å². The summed E-state index contributed by atoms with van der Waals surface area (Å²) >= 11 is 1.19. The molecule has 0 bridgehead atoms. The molecule has 0 saturated heterocycles. The van der Waals surface area contributed by atoms with Crippen LogP contribution in [0.25, 0.3) is 10.7 Å². The number of anilines is 1. The summed E-state index contributed by atoms with van der Waals surface area (Å²) in [6.45, 7) is 5.42. The summed E-state index contributed by atoms with van der Waals surface area (Å²) in [4.78, 5) is 48.0. The summed E-state index contributed by atoms with van der Waals surface area (Å²) in [5.41, 5.74) is 3.45. The van der Waals surface area contributed by atoms with Crippen molar-refractivity contribution in [3.8, 4) is 10.7 Å². The fourth-order valence-electron chi connectivity index (χ4n) is 3.57. The summed E-state index contributed by atoms with van der Waals surface area (Å²) in [5, 5.41) is 0.623. The highest BCUT2D eigenvalue weighted by Gasteiger charge is 2.27.